The maximum atomic E-state index is 12.4. The number of alkyl halides is 3. The van der Waals surface area contributed by atoms with Gasteiger partial charge in [0.15, 0.2) is 5.82 Å². The van der Waals surface area contributed by atoms with Crippen molar-refractivity contribution in [2.24, 2.45) is 0 Å². The number of halogens is 5. The Bertz CT molecular complexity index is 676. The highest BCUT2D eigenvalue weighted by molar-refractivity contribution is 9.11. The topological polar surface area (TPSA) is 67.8 Å². The molecule has 0 aliphatic rings. The number of hydrogen-bond donors (Lipinski definition) is 1. The number of pyridine rings is 1. The molecule has 0 saturated carbocycles. The van der Waals surface area contributed by atoms with Crippen LogP contribution in [-0.2, 0) is 6.18 Å². The monoisotopic (exact) mass is 424 g/mol. The molecule has 0 spiro atoms. The van der Waals surface area contributed by atoms with Crippen LogP contribution in [0.4, 0.5) is 19.0 Å². The highest BCUT2D eigenvalue weighted by Gasteiger charge is 2.30. The number of nitrogens with one attached hydrogen (secondary N) is 1. The Kier molecular flexibility index (Phi) is 4.57. The fourth-order valence-electron chi connectivity index (χ4n) is 1.30. The second-order valence-electron chi connectivity index (χ2n) is 3.72. The molecule has 5 nitrogen and oxygen atoms in total. The van der Waals surface area contributed by atoms with Crippen molar-refractivity contribution in [3.05, 3.63) is 45.0 Å². The van der Waals surface area contributed by atoms with Gasteiger partial charge in [-0.1, -0.05) is 0 Å². The summed E-state index contributed by atoms with van der Waals surface area (Å²) in [6, 6.07) is 1.77. The second kappa shape index (κ2) is 6.06. The van der Waals surface area contributed by atoms with E-state index in [4.69, 9.17) is 0 Å². The van der Waals surface area contributed by atoms with Gasteiger partial charge in [0.2, 0.25) is 0 Å². The lowest BCUT2D eigenvalue weighted by atomic mass is 10.2. The molecule has 0 unspecified atom stereocenters. The first-order chi connectivity index (χ1) is 9.77. The van der Waals surface area contributed by atoms with E-state index in [9.17, 15) is 18.0 Å². The summed E-state index contributed by atoms with van der Waals surface area (Å²) in [5, 5.41) is 2.39. The van der Waals surface area contributed by atoms with Gasteiger partial charge in [-0.15, -0.1) is 0 Å². The van der Waals surface area contributed by atoms with Crippen LogP contribution < -0.4 is 5.32 Å². The summed E-state index contributed by atoms with van der Waals surface area (Å²) in [7, 11) is 0. The Hall–Kier alpha value is -1.55. The van der Waals surface area contributed by atoms with Crippen molar-refractivity contribution < 1.29 is 18.0 Å². The van der Waals surface area contributed by atoms with Crippen LogP contribution in [0.1, 0.15) is 16.1 Å². The quantitative estimate of drug-likeness (QED) is 0.797. The number of anilines is 1. The van der Waals surface area contributed by atoms with E-state index >= 15 is 0 Å². The molecule has 110 valence electrons. The zero-order valence-corrected chi connectivity index (χ0v) is 13.1. The largest absolute Gasteiger partial charge is 0.417 e. The smallest absolute Gasteiger partial charge is 0.303 e. The lowest BCUT2D eigenvalue weighted by molar-refractivity contribution is -0.137. The van der Waals surface area contributed by atoms with Gasteiger partial charge in [0.05, 0.1) is 11.8 Å². The minimum atomic E-state index is -4.50. The van der Waals surface area contributed by atoms with Crippen LogP contribution in [0.2, 0.25) is 0 Å². The van der Waals surface area contributed by atoms with Gasteiger partial charge in [0.25, 0.3) is 5.91 Å². The van der Waals surface area contributed by atoms with Gasteiger partial charge >= 0.3 is 6.18 Å². The molecule has 2 aromatic rings. The van der Waals surface area contributed by atoms with E-state index < -0.39 is 17.6 Å². The Labute approximate surface area is 133 Å². The van der Waals surface area contributed by atoms with Crippen LogP contribution in [-0.4, -0.2) is 20.9 Å². The van der Waals surface area contributed by atoms with Gasteiger partial charge < -0.3 is 5.32 Å². The van der Waals surface area contributed by atoms with Crippen molar-refractivity contribution in [3.8, 4) is 0 Å². The van der Waals surface area contributed by atoms with Gasteiger partial charge in [-0.3, -0.25) is 9.78 Å². The summed E-state index contributed by atoms with van der Waals surface area (Å²) in [5.74, 6) is -0.564. The van der Waals surface area contributed by atoms with E-state index in [1.165, 1.54) is 6.20 Å². The predicted molar refractivity (Wildman–Crippen MR) is 74.6 cm³/mol. The molecule has 0 atom stereocenters. The molecule has 0 radical (unpaired) electrons. The first-order valence-electron chi connectivity index (χ1n) is 5.30. The fourth-order valence-corrected chi connectivity index (χ4v) is 2.21. The Morgan fingerprint density at radius 1 is 1.14 bits per heavy atom. The van der Waals surface area contributed by atoms with E-state index in [0.29, 0.717) is 10.8 Å². The van der Waals surface area contributed by atoms with Gasteiger partial charge in [0, 0.05) is 6.20 Å². The normalized spacial score (nSPS) is 11.3. The molecule has 0 aromatic carbocycles. The summed E-state index contributed by atoms with van der Waals surface area (Å²) in [5.41, 5.74) is -1.09. The van der Waals surface area contributed by atoms with Crippen LogP contribution in [0, 0.1) is 0 Å². The number of amides is 1. The summed E-state index contributed by atoms with van der Waals surface area (Å²) in [6.45, 7) is 0. The van der Waals surface area contributed by atoms with Crippen LogP contribution >= 0.6 is 31.9 Å². The van der Waals surface area contributed by atoms with Crippen LogP contribution in [0.25, 0.3) is 0 Å². The molecule has 0 saturated heterocycles. The van der Waals surface area contributed by atoms with Crippen LogP contribution in [0.15, 0.2) is 33.7 Å². The average molecular weight is 426 g/mol. The molecular weight excluding hydrogens is 421 g/mol. The molecule has 0 fully saturated rings. The Morgan fingerprint density at radius 2 is 1.86 bits per heavy atom. The highest BCUT2D eigenvalue weighted by atomic mass is 79.9. The molecule has 2 heterocycles. The number of carbonyl (C=O) groups is 1. The van der Waals surface area contributed by atoms with E-state index in [1.54, 1.807) is 0 Å². The second-order valence-corrected chi connectivity index (χ2v) is 5.28. The van der Waals surface area contributed by atoms with Crippen molar-refractivity contribution in [2.45, 2.75) is 6.18 Å². The van der Waals surface area contributed by atoms with Gasteiger partial charge in [-0.05, 0) is 44.0 Å². The summed E-state index contributed by atoms with van der Waals surface area (Å²) in [6.07, 6.45) is -2.54. The van der Waals surface area contributed by atoms with Crippen molar-refractivity contribution in [1.29, 1.82) is 0 Å². The highest BCUT2D eigenvalue weighted by Crippen LogP contribution is 2.28. The minimum absolute atomic E-state index is 0.130. The molecule has 1 amide bonds. The minimum Gasteiger partial charge on any atom is -0.303 e. The predicted octanol–water partition coefficient (Wildman–Crippen LogP) is 3.67. The maximum Gasteiger partial charge on any atom is 0.417 e. The van der Waals surface area contributed by atoms with E-state index in [-0.39, 0.29) is 16.1 Å². The van der Waals surface area contributed by atoms with E-state index in [0.717, 1.165) is 12.1 Å². The standard InChI is InChI=1S/C11H5Br2F3N4O/c12-7-4-18-9(8(13)19-7)20-10(21)6-2-1-5(3-17-6)11(14,15)16/h1-4H,(H,18,20,21). The summed E-state index contributed by atoms with van der Waals surface area (Å²) in [4.78, 5) is 23.2. The molecule has 1 N–H and O–H groups in total. The van der Waals surface area contributed by atoms with Crippen molar-refractivity contribution in [3.63, 3.8) is 0 Å². The molecule has 10 heteroatoms. The molecule has 21 heavy (non-hydrogen) atoms. The zero-order valence-electron chi connectivity index (χ0n) is 9.95. The number of nitrogens with zero attached hydrogens (tertiary/aromatic N) is 3. The third-order valence-electron chi connectivity index (χ3n) is 2.26. The third-order valence-corrected chi connectivity index (χ3v) is 3.19. The number of hydrogen-bond acceptors (Lipinski definition) is 4. The molecular formula is C11H5Br2F3N4O. The number of carbonyl (C=O) groups excluding carboxylic acids is 1. The van der Waals surface area contributed by atoms with Gasteiger partial charge in [-0.25, -0.2) is 9.97 Å². The molecule has 0 bridgehead atoms. The zero-order chi connectivity index (χ0) is 15.6. The third kappa shape index (κ3) is 3.97. The molecule has 2 rings (SSSR count). The molecule has 2 aromatic heterocycles. The Balaban J connectivity index is 2.17. The van der Waals surface area contributed by atoms with Crippen molar-refractivity contribution in [2.75, 3.05) is 5.32 Å². The molecule has 0 aliphatic heterocycles. The molecule has 0 aliphatic carbocycles. The lowest BCUT2D eigenvalue weighted by Gasteiger charge is -2.08. The first kappa shape index (κ1) is 15.8. The van der Waals surface area contributed by atoms with Gasteiger partial charge in [0.1, 0.15) is 14.9 Å². The summed E-state index contributed by atoms with van der Waals surface area (Å²) >= 11 is 6.20. The van der Waals surface area contributed by atoms with E-state index in [1.807, 2.05) is 0 Å². The Morgan fingerprint density at radius 3 is 2.38 bits per heavy atom. The fraction of sp³-hybridized carbons (Fsp3) is 0.0909. The number of rotatable bonds is 2. The van der Waals surface area contributed by atoms with Crippen molar-refractivity contribution >= 4 is 43.6 Å². The van der Waals surface area contributed by atoms with Crippen molar-refractivity contribution in [1.82, 2.24) is 15.0 Å². The average Bonchev–Trinajstić information content (AvgIpc) is 2.41. The van der Waals surface area contributed by atoms with E-state index in [2.05, 4.69) is 52.1 Å². The lowest BCUT2D eigenvalue weighted by Crippen LogP contribution is -2.16. The SMILES string of the molecule is O=C(Nc1ncc(Br)nc1Br)c1ccc(C(F)(F)F)cn1. The number of aromatic nitrogens is 3. The maximum absolute atomic E-state index is 12.4. The first-order valence-corrected chi connectivity index (χ1v) is 6.88. The van der Waals surface area contributed by atoms with Gasteiger partial charge in [-0.2, -0.15) is 13.2 Å². The van der Waals surface area contributed by atoms with Crippen LogP contribution in [0.5, 0.6) is 0 Å². The summed E-state index contributed by atoms with van der Waals surface area (Å²) < 4.78 is 37.9. The van der Waals surface area contributed by atoms with Crippen LogP contribution in [0.3, 0.4) is 0 Å².